The summed E-state index contributed by atoms with van der Waals surface area (Å²) in [7, 11) is 0. The largest absolute Gasteiger partial charge is 0.310 e. The molecule has 58 heavy (non-hydrogen) atoms. The fourth-order valence-electron chi connectivity index (χ4n) is 8.61. The van der Waals surface area contributed by atoms with E-state index in [9.17, 15) is 0 Å². The average molecular weight is 739 g/mol. The van der Waals surface area contributed by atoms with Gasteiger partial charge < -0.3 is 9.47 Å². The number of para-hydroxylation sites is 2. The van der Waals surface area contributed by atoms with Crippen LogP contribution >= 0.6 is 0 Å². The van der Waals surface area contributed by atoms with Crippen molar-refractivity contribution in [1.29, 1.82) is 0 Å². The number of anilines is 3. The van der Waals surface area contributed by atoms with Crippen LogP contribution in [-0.2, 0) is 0 Å². The predicted molar refractivity (Wildman–Crippen MR) is 247 cm³/mol. The number of benzene rings is 10. The molecular formula is C56H38N2. The lowest BCUT2D eigenvalue weighted by atomic mass is 9.98. The first kappa shape index (κ1) is 33.6. The summed E-state index contributed by atoms with van der Waals surface area (Å²) in [5.74, 6) is 0. The zero-order valence-electron chi connectivity index (χ0n) is 31.8. The fourth-order valence-corrected chi connectivity index (χ4v) is 8.61. The summed E-state index contributed by atoms with van der Waals surface area (Å²) >= 11 is 0. The molecule has 0 aliphatic carbocycles. The van der Waals surface area contributed by atoms with Gasteiger partial charge in [-0.3, -0.25) is 0 Å². The molecule has 11 rings (SSSR count). The Morgan fingerprint density at radius 3 is 1.29 bits per heavy atom. The molecule has 0 saturated carbocycles. The van der Waals surface area contributed by atoms with Crippen LogP contribution in [-0.4, -0.2) is 4.57 Å². The number of rotatable bonds is 7. The Kier molecular flexibility index (Phi) is 8.19. The first-order valence-corrected chi connectivity index (χ1v) is 19.9. The van der Waals surface area contributed by atoms with Gasteiger partial charge in [-0.15, -0.1) is 0 Å². The van der Waals surface area contributed by atoms with Crippen LogP contribution in [0.1, 0.15) is 0 Å². The van der Waals surface area contributed by atoms with Crippen LogP contribution in [0.5, 0.6) is 0 Å². The lowest BCUT2D eigenvalue weighted by molar-refractivity contribution is 1.17. The molecule has 0 spiro atoms. The minimum absolute atomic E-state index is 1.09. The van der Waals surface area contributed by atoms with Crippen molar-refractivity contribution in [3.05, 3.63) is 231 Å². The molecule has 0 unspecified atom stereocenters. The average Bonchev–Trinajstić information content (AvgIpc) is 3.64. The molecule has 1 aromatic heterocycles. The van der Waals surface area contributed by atoms with Gasteiger partial charge in [0, 0.05) is 33.5 Å². The summed E-state index contributed by atoms with van der Waals surface area (Å²) in [6.07, 6.45) is 0. The highest BCUT2D eigenvalue weighted by Crippen LogP contribution is 2.39. The lowest BCUT2D eigenvalue weighted by Gasteiger charge is -2.26. The van der Waals surface area contributed by atoms with E-state index in [1.165, 1.54) is 76.7 Å². The molecule has 2 nitrogen and oxygen atoms in total. The SMILES string of the molecule is c1ccc(-c2ccc3cc(N(c4ccc(-c5ccc(-c6ccc7ccccc7c6)cc5)cc4)c4ccc(-n5c6ccccc6c6ccccc65)cc4)ccc3c2)cc1. The molecule has 1 heterocycles. The minimum atomic E-state index is 1.09. The van der Waals surface area contributed by atoms with Gasteiger partial charge in [0.05, 0.1) is 11.0 Å². The summed E-state index contributed by atoms with van der Waals surface area (Å²) in [6.45, 7) is 0. The van der Waals surface area contributed by atoms with Gasteiger partial charge in [-0.05, 0) is 128 Å². The van der Waals surface area contributed by atoms with Crippen LogP contribution in [0.25, 0.3) is 82.4 Å². The van der Waals surface area contributed by atoms with E-state index in [1.807, 2.05) is 0 Å². The van der Waals surface area contributed by atoms with Gasteiger partial charge in [-0.25, -0.2) is 0 Å². The molecule has 0 radical (unpaired) electrons. The number of hydrogen-bond donors (Lipinski definition) is 0. The predicted octanol–water partition coefficient (Wildman–Crippen LogP) is 15.6. The molecule has 0 N–H and O–H groups in total. The highest BCUT2D eigenvalue weighted by Gasteiger charge is 2.16. The standard InChI is InChI=1S/C56H38N2/c1-2-10-39(11-3-1)45-24-25-48-38-52(31-28-47(48)37-45)57(50-32-34-51(35-33-50)58-55-16-8-6-14-53(55)54-15-7-9-17-56(54)58)49-29-26-42(27-30-49)41-18-20-43(21-19-41)46-23-22-40-12-4-5-13-44(40)36-46/h1-38H. The second-order valence-corrected chi connectivity index (χ2v) is 15.0. The minimum Gasteiger partial charge on any atom is -0.310 e. The third-order valence-corrected chi connectivity index (χ3v) is 11.6. The Balaban J connectivity index is 0.966. The smallest absolute Gasteiger partial charge is 0.0541 e. The van der Waals surface area contributed by atoms with E-state index in [2.05, 4.69) is 240 Å². The van der Waals surface area contributed by atoms with E-state index in [4.69, 9.17) is 0 Å². The third-order valence-electron chi connectivity index (χ3n) is 11.6. The van der Waals surface area contributed by atoms with E-state index >= 15 is 0 Å². The van der Waals surface area contributed by atoms with E-state index in [-0.39, 0.29) is 0 Å². The number of fused-ring (bicyclic) bond motifs is 5. The van der Waals surface area contributed by atoms with Gasteiger partial charge >= 0.3 is 0 Å². The molecule has 10 aromatic carbocycles. The van der Waals surface area contributed by atoms with Crippen LogP contribution in [0.3, 0.4) is 0 Å². The Labute approximate surface area is 338 Å². The van der Waals surface area contributed by atoms with Crippen molar-refractivity contribution in [2.75, 3.05) is 4.90 Å². The Morgan fingerprint density at radius 2 is 0.655 bits per heavy atom. The maximum absolute atomic E-state index is 2.37. The van der Waals surface area contributed by atoms with Gasteiger partial charge in [-0.2, -0.15) is 0 Å². The Bertz CT molecular complexity index is 3200. The van der Waals surface area contributed by atoms with Crippen LogP contribution in [0.15, 0.2) is 231 Å². The summed E-state index contributed by atoms with van der Waals surface area (Å²) in [4.78, 5) is 2.37. The number of nitrogens with zero attached hydrogens (tertiary/aromatic N) is 2. The molecule has 0 saturated heterocycles. The zero-order valence-corrected chi connectivity index (χ0v) is 31.8. The van der Waals surface area contributed by atoms with Crippen LogP contribution in [0.4, 0.5) is 17.1 Å². The highest BCUT2D eigenvalue weighted by atomic mass is 15.1. The van der Waals surface area contributed by atoms with Crippen LogP contribution in [0.2, 0.25) is 0 Å². The van der Waals surface area contributed by atoms with Gasteiger partial charge in [0.15, 0.2) is 0 Å². The molecule has 272 valence electrons. The fraction of sp³-hybridized carbons (Fsp3) is 0. The van der Waals surface area contributed by atoms with Gasteiger partial charge in [0.2, 0.25) is 0 Å². The molecule has 2 heteroatoms. The normalized spacial score (nSPS) is 11.4. The van der Waals surface area contributed by atoms with Gasteiger partial charge in [-0.1, -0.05) is 158 Å². The maximum atomic E-state index is 2.37. The second kappa shape index (κ2) is 14.1. The summed E-state index contributed by atoms with van der Waals surface area (Å²) in [5, 5.41) is 7.46. The van der Waals surface area contributed by atoms with Crippen molar-refractivity contribution in [3.63, 3.8) is 0 Å². The van der Waals surface area contributed by atoms with Crippen molar-refractivity contribution in [2.24, 2.45) is 0 Å². The molecule has 0 atom stereocenters. The summed E-state index contributed by atoms with van der Waals surface area (Å²) < 4.78 is 2.37. The maximum Gasteiger partial charge on any atom is 0.0541 e. The first-order chi connectivity index (χ1) is 28.7. The molecule has 0 bridgehead atoms. The topological polar surface area (TPSA) is 8.17 Å². The summed E-state index contributed by atoms with van der Waals surface area (Å²) in [6, 6.07) is 83.7. The van der Waals surface area contributed by atoms with Crippen LogP contribution in [0, 0.1) is 0 Å². The molecular weight excluding hydrogens is 701 g/mol. The summed E-state index contributed by atoms with van der Waals surface area (Å²) in [5.41, 5.74) is 14.1. The Morgan fingerprint density at radius 1 is 0.259 bits per heavy atom. The third kappa shape index (κ3) is 6.00. The quantitative estimate of drug-likeness (QED) is 0.158. The first-order valence-electron chi connectivity index (χ1n) is 19.9. The molecule has 11 aromatic rings. The van der Waals surface area contributed by atoms with E-state index in [1.54, 1.807) is 0 Å². The van der Waals surface area contributed by atoms with Crippen molar-refractivity contribution in [3.8, 4) is 39.1 Å². The molecule has 0 fully saturated rings. The van der Waals surface area contributed by atoms with E-state index in [0.717, 1.165) is 22.7 Å². The Hall–Kier alpha value is -7.68. The zero-order chi connectivity index (χ0) is 38.4. The van der Waals surface area contributed by atoms with E-state index < -0.39 is 0 Å². The second-order valence-electron chi connectivity index (χ2n) is 15.0. The van der Waals surface area contributed by atoms with Crippen molar-refractivity contribution < 1.29 is 0 Å². The molecule has 0 aliphatic heterocycles. The number of hydrogen-bond acceptors (Lipinski definition) is 1. The van der Waals surface area contributed by atoms with Gasteiger partial charge in [0.25, 0.3) is 0 Å². The van der Waals surface area contributed by atoms with Crippen molar-refractivity contribution in [2.45, 2.75) is 0 Å². The lowest BCUT2D eigenvalue weighted by Crippen LogP contribution is -2.10. The highest BCUT2D eigenvalue weighted by molar-refractivity contribution is 6.09. The van der Waals surface area contributed by atoms with Crippen LogP contribution < -0.4 is 4.90 Å². The van der Waals surface area contributed by atoms with Crippen molar-refractivity contribution >= 4 is 60.4 Å². The monoisotopic (exact) mass is 738 g/mol. The van der Waals surface area contributed by atoms with Crippen molar-refractivity contribution in [1.82, 2.24) is 4.57 Å². The molecule has 0 amide bonds. The molecule has 0 aliphatic rings. The number of aromatic nitrogens is 1. The van der Waals surface area contributed by atoms with Gasteiger partial charge in [0.1, 0.15) is 0 Å². The van der Waals surface area contributed by atoms with E-state index in [0.29, 0.717) is 0 Å².